The highest BCUT2D eigenvalue weighted by Gasteiger charge is 2.36. The molecule has 0 aromatic heterocycles. The predicted molar refractivity (Wildman–Crippen MR) is 42.3 cm³/mol. The molecule has 1 saturated carbocycles. The van der Waals surface area contributed by atoms with E-state index >= 15 is 0 Å². The molecule has 0 bridgehead atoms. The Morgan fingerprint density at radius 2 is 1.82 bits per heavy atom. The van der Waals surface area contributed by atoms with Crippen molar-refractivity contribution in [1.29, 1.82) is 0 Å². The third-order valence-electron chi connectivity index (χ3n) is 2.87. The van der Waals surface area contributed by atoms with Gasteiger partial charge in [0.1, 0.15) is 6.10 Å². The SMILES string of the molecule is O[C@H](C1CCCCC1)[C@H]1CO1. The number of ether oxygens (including phenoxy) is 1. The zero-order chi connectivity index (χ0) is 7.68. The average Bonchev–Trinajstić information content (AvgIpc) is 2.87. The van der Waals surface area contributed by atoms with Crippen molar-refractivity contribution in [2.45, 2.75) is 44.3 Å². The van der Waals surface area contributed by atoms with Crippen molar-refractivity contribution in [2.75, 3.05) is 6.61 Å². The van der Waals surface area contributed by atoms with Crippen LogP contribution >= 0.6 is 0 Å². The summed E-state index contributed by atoms with van der Waals surface area (Å²) < 4.78 is 5.07. The number of hydrogen-bond acceptors (Lipinski definition) is 2. The highest BCUT2D eigenvalue weighted by molar-refractivity contribution is 4.85. The highest BCUT2D eigenvalue weighted by atomic mass is 16.6. The molecule has 2 fully saturated rings. The number of epoxide rings is 1. The van der Waals surface area contributed by atoms with Crippen LogP contribution in [0.25, 0.3) is 0 Å². The van der Waals surface area contributed by atoms with E-state index < -0.39 is 0 Å². The molecule has 0 unspecified atom stereocenters. The van der Waals surface area contributed by atoms with E-state index in [1.54, 1.807) is 0 Å². The number of aliphatic hydroxyl groups excluding tert-OH is 1. The lowest BCUT2D eigenvalue weighted by Gasteiger charge is -2.25. The van der Waals surface area contributed by atoms with Gasteiger partial charge in [0.25, 0.3) is 0 Å². The van der Waals surface area contributed by atoms with Crippen molar-refractivity contribution in [1.82, 2.24) is 0 Å². The van der Waals surface area contributed by atoms with Gasteiger partial charge in [0.2, 0.25) is 0 Å². The minimum absolute atomic E-state index is 0.157. The van der Waals surface area contributed by atoms with Gasteiger partial charge in [-0.05, 0) is 18.8 Å². The van der Waals surface area contributed by atoms with Gasteiger partial charge < -0.3 is 9.84 Å². The van der Waals surface area contributed by atoms with Crippen LogP contribution in [0.2, 0.25) is 0 Å². The summed E-state index contributed by atoms with van der Waals surface area (Å²) in [5.41, 5.74) is 0. The molecule has 2 rings (SSSR count). The van der Waals surface area contributed by atoms with Crippen molar-refractivity contribution in [3.8, 4) is 0 Å². The van der Waals surface area contributed by atoms with Crippen molar-refractivity contribution in [3.05, 3.63) is 0 Å². The van der Waals surface area contributed by atoms with E-state index in [0.29, 0.717) is 5.92 Å². The molecule has 0 radical (unpaired) electrons. The normalized spacial score (nSPS) is 35.2. The third kappa shape index (κ3) is 1.74. The first kappa shape index (κ1) is 7.56. The van der Waals surface area contributed by atoms with Gasteiger partial charge in [0, 0.05) is 0 Å². The van der Waals surface area contributed by atoms with Crippen molar-refractivity contribution >= 4 is 0 Å². The minimum Gasteiger partial charge on any atom is -0.390 e. The van der Waals surface area contributed by atoms with Crippen molar-refractivity contribution in [2.24, 2.45) is 5.92 Å². The van der Waals surface area contributed by atoms with E-state index in [4.69, 9.17) is 4.74 Å². The second kappa shape index (κ2) is 3.11. The summed E-state index contributed by atoms with van der Waals surface area (Å²) in [6.45, 7) is 0.789. The molecule has 0 amide bonds. The zero-order valence-corrected chi connectivity index (χ0v) is 6.83. The Bertz CT molecular complexity index is 126. The smallest absolute Gasteiger partial charge is 0.107 e. The van der Waals surface area contributed by atoms with E-state index in [1.165, 1.54) is 32.1 Å². The molecule has 64 valence electrons. The van der Waals surface area contributed by atoms with Gasteiger partial charge in [-0.15, -0.1) is 0 Å². The highest BCUT2D eigenvalue weighted by Crippen LogP contribution is 2.31. The molecule has 2 nitrogen and oxygen atoms in total. The fourth-order valence-corrected chi connectivity index (χ4v) is 2.03. The molecule has 1 N–H and O–H groups in total. The Balaban J connectivity index is 1.81. The second-order valence-electron chi connectivity index (χ2n) is 3.76. The molecule has 0 spiro atoms. The van der Waals surface area contributed by atoms with Crippen LogP contribution in [0, 0.1) is 5.92 Å². The van der Waals surface area contributed by atoms with E-state index in [0.717, 1.165) is 6.61 Å². The summed E-state index contributed by atoms with van der Waals surface area (Å²) in [5.74, 6) is 0.538. The second-order valence-corrected chi connectivity index (χ2v) is 3.76. The summed E-state index contributed by atoms with van der Waals surface area (Å²) in [7, 11) is 0. The van der Waals surface area contributed by atoms with E-state index in [2.05, 4.69) is 0 Å². The molecule has 1 aliphatic carbocycles. The first-order valence-corrected chi connectivity index (χ1v) is 4.67. The number of aliphatic hydroxyl groups is 1. The van der Waals surface area contributed by atoms with E-state index in [1.807, 2.05) is 0 Å². The minimum atomic E-state index is -0.157. The summed E-state index contributed by atoms with van der Waals surface area (Å²) in [6, 6.07) is 0. The average molecular weight is 156 g/mol. The van der Waals surface area contributed by atoms with Gasteiger partial charge in [-0.25, -0.2) is 0 Å². The Hall–Kier alpha value is -0.0800. The lowest BCUT2D eigenvalue weighted by Crippen LogP contribution is -2.27. The fraction of sp³-hybridized carbons (Fsp3) is 1.00. The third-order valence-corrected chi connectivity index (χ3v) is 2.87. The Morgan fingerprint density at radius 1 is 1.18 bits per heavy atom. The first-order chi connectivity index (χ1) is 5.38. The summed E-state index contributed by atoms with van der Waals surface area (Å²) in [4.78, 5) is 0. The monoisotopic (exact) mass is 156 g/mol. The van der Waals surface area contributed by atoms with Crippen LogP contribution in [-0.2, 0) is 4.74 Å². The van der Waals surface area contributed by atoms with Gasteiger partial charge in [-0.1, -0.05) is 19.3 Å². The molecule has 11 heavy (non-hydrogen) atoms. The number of rotatable bonds is 2. The molecule has 0 aromatic carbocycles. The largest absolute Gasteiger partial charge is 0.390 e. The fourth-order valence-electron chi connectivity index (χ4n) is 2.03. The summed E-state index contributed by atoms with van der Waals surface area (Å²) in [5, 5.41) is 9.69. The van der Waals surface area contributed by atoms with Gasteiger partial charge >= 0.3 is 0 Å². The zero-order valence-electron chi connectivity index (χ0n) is 6.83. The predicted octanol–water partition coefficient (Wildman–Crippen LogP) is 1.33. The summed E-state index contributed by atoms with van der Waals surface area (Å²) in [6.07, 6.45) is 6.41. The Morgan fingerprint density at radius 3 is 2.36 bits per heavy atom. The maximum atomic E-state index is 9.69. The standard InChI is InChI=1S/C9H16O2/c10-9(8-6-11-8)7-4-2-1-3-5-7/h7-10H,1-6H2/t8-,9-/m1/s1. The van der Waals surface area contributed by atoms with E-state index in [9.17, 15) is 5.11 Å². The molecule has 0 aromatic rings. The van der Waals surface area contributed by atoms with Crippen molar-refractivity contribution < 1.29 is 9.84 Å². The topological polar surface area (TPSA) is 32.8 Å². The lowest BCUT2D eigenvalue weighted by molar-refractivity contribution is 0.0586. The van der Waals surface area contributed by atoms with Crippen LogP contribution in [0.3, 0.4) is 0 Å². The molecular formula is C9H16O2. The maximum absolute atomic E-state index is 9.69. The molecule has 2 aliphatic rings. The molecule has 1 saturated heterocycles. The van der Waals surface area contributed by atoms with Crippen LogP contribution in [0.5, 0.6) is 0 Å². The van der Waals surface area contributed by atoms with Gasteiger partial charge in [0.05, 0.1) is 12.7 Å². The number of hydrogen-bond donors (Lipinski definition) is 1. The van der Waals surface area contributed by atoms with Crippen LogP contribution in [0.1, 0.15) is 32.1 Å². The quantitative estimate of drug-likeness (QED) is 0.612. The molecule has 1 heterocycles. The van der Waals surface area contributed by atoms with Gasteiger partial charge in [-0.3, -0.25) is 0 Å². The Kier molecular flexibility index (Phi) is 2.14. The van der Waals surface area contributed by atoms with Gasteiger partial charge in [-0.2, -0.15) is 0 Å². The lowest BCUT2D eigenvalue weighted by atomic mass is 9.84. The molecule has 2 heteroatoms. The maximum Gasteiger partial charge on any atom is 0.107 e. The Labute approximate surface area is 67.6 Å². The van der Waals surface area contributed by atoms with Crippen LogP contribution in [0.4, 0.5) is 0 Å². The van der Waals surface area contributed by atoms with Crippen molar-refractivity contribution in [3.63, 3.8) is 0 Å². The molecular weight excluding hydrogens is 140 g/mol. The van der Waals surface area contributed by atoms with Gasteiger partial charge in [0.15, 0.2) is 0 Å². The van der Waals surface area contributed by atoms with Crippen LogP contribution in [-0.4, -0.2) is 23.9 Å². The molecule has 1 aliphatic heterocycles. The summed E-state index contributed by atoms with van der Waals surface area (Å²) >= 11 is 0. The van der Waals surface area contributed by atoms with Crippen LogP contribution in [0.15, 0.2) is 0 Å². The molecule has 2 atom stereocenters. The first-order valence-electron chi connectivity index (χ1n) is 4.67. The van der Waals surface area contributed by atoms with E-state index in [-0.39, 0.29) is 12.2 Å². The van der Waals surface area contributed by atoms with Crippen LogP contribution < -0.4 is 0 Å².